The average Bonchev–Trinajstić information content (AvgIpc) is 3.10. The normalized spacial score (nSPS) is 29.1. The summed E-state index contributed by atoms with van der Waals surface area (Å²) < 4.78 is 5.18. The van der Waals surface area contributed by atoms with Gasteiger partial charge in [-0.05, 0) is 31.6 Å². The van der Waals surface area contributed by atoms with E-state index in [2.05, 4.69) is 15.8 Å². The highest BCUT2D eigenvalue weighted by Gasteiger charge is 2.38. The molecule has 2 heterocycles. The van der Waals surface area contributed by atoms with Crippen LogP contribution in [-0.2, 0) is 17.8 Å². The van der Waals surface area contributed by atoms with Gasteiger partial charge in [-0.15, -0.1) is 0 Å². The van der Waals surface area contributed by atoms with Gasteiger partial charge in [0.2, 0.25) is 5.91 Å². The molecule has 2 N–H and O–H groups in total. The molecule has 1 aromatic rings. The fourth-order valence-corrected chi connectivity index (χ4v) is 3.42. The summed E-state index contributed by atoms with van der Waals surface area (Å²) in [6, 6.07) is 2.43. The molecule has 1 saturated carbocycles. The van der Waals surface area contributed by atoms with Gasteiger partial charge in [0.15, 0.2) is 5.76 Å². The van der Waals surface area contributed by atoms with Gasteiger partial charge in [0.25, 0.3) is 0 Å². The molecule has 0 bridgehead atoms. The van der Waals surface area contributed by atoms with E-state index in [1.54, 1.807) is 0 Å². The second-order valence-electron chi connectivity index (χ2n) is 5.96. The van der Waals surface area contributed by atoms with E-state index in [4.69, 9.17) is 4.52 Å². The van der Waals surface area contributed by atoms with Crippen molar-refractivity contribution in [3.8, 4) is 0 Å². The van der Waals surface area contributed by atoms with E-state index in [0.717, 1.165) is 24.3 Å². The predicted octanol–water partition coefficient (Wildman–Crippen LogP) is 1.77. The first-order valence-electron chi connectivity index (χ1n) is 7.74. The summed E-state index contributed by atoms with van der Waals surface area (Å²) in [5.41, 5.74) is 0.930. The summed E-state index contributed by atoms with van der Waals surface area (Å²) in [4.78, 5) is 12.2. The van der Waals surface area contributed by atoms with Crippen molar-refractivity contribution in [3.63, 3.8) is 0 Å². The van der Waals surface area contributed by atoms with Crippen molar-refractivity contribution in [2.75, 3.05) is 0 Å². The van der Waals surface area contributed by atoms with Crippen LogP contribution in [0.4, 0.5) is 0 Å². The average molecular weight is 277 g/mol. The lowest BCUT2D eigenvalue weighted by molar-refractivity contribution is -0.123. The monoisotopic (exact) mass is 277 g/mol. The third-order valence-corrected chi connectivity index (χ3v) is 4.59. The van der Waals surface area contributed by atoms with E-state index in [0.29, 0.717) is 18.5 Å². The van der Waals surface area contributed by atoms with Crippen LogP contribution in [0.15, 0.2) is 10.6 Å². The van der Waals surface area contributed by atoms with Gasteiger partial charge in [0, 0.05) is 12.1 Å². The lowest BCUT2D eigenvalue weighted by atomic mass is 9.85. The molecule has 3 rings (SSSR count). The Balaban J connectivity index is 1.49. The third-order valence-electron chi connectivity index (χ3n) is 4.59. The van der Waals surface area contributed by atoms with Gasteiger partial charge < -0.3 is 15.2 Å². The maximum Gasteiger partial charge on any atom is 0.237 e. The van der Waals surface area contributed by atoms with Gasteiger partial charge in [-0.3, -0.25) is 4.79 Å². The van der Waals surface area contributed by atoms with Crippen molar-refractivity contribution in [3.05, 3.63) is 17.5 Å². The van der Waals surface area contributed by atoms with Gasteiger partial charge in [-0.2, -0.15) is 0 Å². The van der Waals surface area contributed by atoms with E-state index in [1.165, 1.54) is 25.7 Å². The topological polar surface area (TPSA) is 67.2 Å². The number of hydrogen-bond donors (Lipinski definition) is 2. The number of carbonyl (C=O) groups excluding carboxylic acids is 1. The van der Waals surface area contributed by atoms with Gasteiger partial charge >= 0.3 is 0 Å². The van der Waals surface area contributed by atoms with Crippen LogP contribution in [0.25, 0.3) is 0 Å². The van der Waals surface area contributed by atoms with Crippen molar-refractivity contribution in [1.82, 2.24) is 15.8 Å². The van der Waals surface area contributed by atoms with Crippen LogP contribution >= 0.6 is 0 Å². The van der Waals surface area contributed by atoms with Crippen molar-refractivity contribution in [1.29, 1.82) is 0 Å². The molecule has 0 aromatic carbocycles. The molecule has 1 aromatic heterocycles. The summed E-state index contributed by atoms with van der Waals surface area (Å²) >= 11 is 0. The second-order valence-corrected chi connectivity index (χ2v) is 5.96. The van der Waals surface area contributed by atoms with Crippen LogP contribution in [0.1, 0.15) is 50.5 Å². The SMILES string of the molecule is CCc1cc(CNC(=O)C2CC3CCCCC3N2)on1. The number of nitrogens with one attached hydrogen (secondary N) is 2. The molecule has 3 atom stereocenters. The van der Waals surface area contributed by atoms with Crippen LogP contribution < -0.4 is 10.6 Å². The highest BCUT2D eigenvalue weighted by Crippen LogP contribution is 2.33. The maximum absolute atomic E-state index is 12.2. The number of carbonyl (C=O) groups is 1. The zero-order chi connectivity index (χ0) is 13.9. The van der Waals surface area contributed by atoms with Crippen LogP contribution in [0.2, 0.25) is 0 Å². The molecule has 2 aliphatic rings. The molecule has 1 aliphatic heterocycles. The van der Waals surface area contributed by atoms with E-state index in [9.17, 15) is 4.79 Å². The molecule has 20 heavy (non-hydrogen) atoms. The lowest BCUT2D eigenvalue weighted by Crippen LogP contribution is -2.42. The first kappa shape index (κ1) is 13.6. The third kappa shape index (κ3) is 2.87. The van der Waals surface area contributed by atoms with Gasteiger partial charge in [-0.1, -0.05) is 24.9 Å². The van der Waals surface area contributed by atoms with Gasteiger partial charge in [0.1, 0.15) is 0 Å². The number of rotatable bonds is 4. The van der Waals surface area contributed by atoms with Gasteiger partial charge in [-0.25, -0.2) is 0 Å². The smallest absolute Gasteiger partial charge is 0.237 e. The number of aryl methyl sites for hydroxylation is 1. The van der Waals surface area contributed by atoms with E-state index in [1.807, 2.05) is 13.0 Å². The Morgan fingerprint density at radius 1 is 1.50 bits per heavy atom. The molecule has 5 heteroatoms. The summed E-state index contributed by atoms with van der Waals surface area (Å²) in [6.07, 6.45) is 6.92. The minimum atomic E-state index is -0.0309. The van der Waals surface area contributed by atoms with Crippen LogP contribution in [0.3, 0.4) is 0 Å². The standard InChI is InChI=1S/C15H23N3O2/c1-2-11-8-12(20-18-11)9-16-15(19)14-7-10-5-3-4-6-13(10)17-14/h8,10,13-14,17H,2-7,9H2,1H3,(H,16,19). The molecule has 1 saturated heterocycles. The maximum atomic E-state index is 12.2. The Hall–Kier alpha value is -1.36. The zero-order valence-electron chi connectivity index (χ0n) is 12.0. The molecule has 3 unspecified atom stereocenters. The Kier molecular flexibility index (Phi) is 4.05. The second kappa shape index (κ2) is 5.95. The Labute approximate surface area is 119 Å². The molecule has 0 radical (unpaired) electrons. The molecule has 1 amide bonds. The number of amides is 1. The van der Waals surface area contributed by atoms with E-state index in [-0.39, 0.29) is 11.9 Å². The molecular weight excluding hydrogens is 254 g/mol. The minimum Gasteiger partial charge on any atom is -0.359 e. The molecule has 1 aliphatic carbocycles. The van der Waals surface area contributed by atoms with Crippen LogP contribution in [0.5, 0.6) is 0 Å². The quantitative estimate of drug-likeness (QED) is 0.880. The summed E-state index contributed by atoms with van der Waals surface area (Å²) in [5.74, 6) is 1.51. The zero-order valence-corrected chi connectivity index (χ0v) is 12.0. The fraction of sp³-hybridized carbons (Fsp3) is 0.733. The lowest BCUT2D eigenvalue weighted by Gasteiger charge is -2.24. The van der Waals surface area contributed by atoms with Crippen molar-refractivity contribution >= 4 is 5.91 Å². The molecule has 110 valence electrons. The predicted molar refractivity (Wildman–Crippen MR) is 75.0 cm³/mol. The van der Waals surface area contributed by atoms with Crippen molar-refractivity contribution in [2.24, 2.45) is 5.92 Å². The summed E-state index contributed by atoms with van der Waals surface area (Å²) in [7, 11) is 0. The van der Waals surface area contributed by atoms with Crippen LogP contribution in [-0.4, -0.2) is 23.1 Å². The summed E-state index contributed by atoms with van der Waals surface area (Å²) in [5, 5.41) is 10.4. The fourth-order valence-electron chi connectivity index (χ4n) is 3.42. The number of hydrogen-bond acceptors (Lipinski definition) is 4. The number of fused-ring (bicyclic) bond motifs is 1. The molecule has 5 nitrogen and oxygen atoms in total. The molecular formula is C15H23N3O2. The highest BCUT2D eigenvalue weighted by atomic mass is 16.5. The largest absolute Gasteiger partial charge is 0.359 e. The van der Waals surface area contributed by atoms with E-state index < -0.39 is 0 Å². The Morgan fingerprint density at radius 3 is 3.10 bits per heavy atom. The molecule has 0 spiro atoms. The minimum absolute atomic E-state index is 0.0309. The Morgan fingerprint density at radius 2 is 2.35 bits per heavy atom. The van der Waals surface area contributed by atoms with Crippen molar-refractivity contribution < 1.29 is 9.32 Å². The Bertz CT molecular complexity index is 457. The van der Waals surface area contributed by atoms with Crippen LogP contribution in [0, 0.1) is 5.92 Å². The van der Waals surface area contributed by atoms with E-state index >= 15 is 0 Å². The highest BCUT2D eigenvalue weighted by molar-refractivity contribution is 5.82. The van der Waals surface area contributed by atoms with Crippen molar-refractivity contribution in [2.45, 2.75) is 64.1 Å². The van der Waals surface area contributed by atoms with Gasteiger partial charge in [0.05, 0.1) is 18.3 Å². The number of nitrogens with zero attached hydrogens (tertiary/aromatic N) is 1. The first-order chi connectivity index (χ1) is 9.76. The molecule has 2 fully saturated rings. The summed E-state index contributed by atoms with van der Waals surface area (Å²) in [6.45, 7) is 2.46. The first-order valence-corrected chi connectivity index (χ1v) is 7.74. The number of aromatic nitrogens is 1.